The summed E-state index contributed by atoms with van der Waals surface area (Å²) >= 11 is 0. The molecule has 138 valence electrons. The van der Waals surface area contributed by atoms with E-state index in [1.807, 2.05) is 38.1 Å². The van der Waals surface area contributed by atoms with Gasteiger partial charge in [0, 0.05) is 0 Å². The molecule has 0 aliphatic rings. The standard InChI is InChI=1S/C19H23N3O4/c1-3-24-18-12-15(13-21-22-19(20)23)8-9-17(18)26-11-10-25-16-7-5-4-6-14(16)2/h4-9,12-13H,3,10-11H2,1-2H3,(H3,20,22,23)/b21-13+. The van der Waals surface area contributed by atoms with E-state index in [4.69, 9.17) is 19.9 Å². The molecule has 2 aromatic carbocycles. The van der Waals surface area contributed by atoms with Crippen molar-refractivity contribution in [3.05, 3.63) is 53.6 Å². The molecule has 0 aliphatic carbocycles. The van der Waals surface area contributed by atoms with Crippen LogP contribution in [-0.2, 0) is 0 Å². The number of nitrogens with zero attached hydrogens (tertiary/aromatic N) is 1. The minimum atomic E-state index is -0.722. The van der Waals surface area contributed by atoms with Crippen LogP contribution in [0.25, 0.3) is 0 Å². The highest BCUT2D eigenvalue weighted by atomic mass is 16.5. The highest BCUT2D eigenvalue weighted by Crippen LogP contribution is 2.28. The summed E-state index contributed by atoms with van der Waals surface area (Å²) in [5.41, 5.74) is 8.92. The van der Waals surface area contributed by atoms with Crippen molar-refractivity contribution in [3.8, 4) is 17.2 Å². The molecule has 7 nitrogen and oxygen atoms in total. The predicted molar refractivity (Wildman–Crippen MR) is 100 cm³/mol. The number of primary amides is 1. The van der Waals surface area contributed by atoms with Gasteiger partial charge in [0.1, 0.15) is 19.0 Å². The normalized spacial score (nSPS) is 10.5. The van der Waals surface area contributed by atoms with Gasteiger partial charge in [0.15, 0.2) is 11.5 Å². The van der Waals surface area contributed by atoms with Crippen LogP contribution >= 0.6 is 0 Å². The van der Waals surface area contributed by atoms with Crippen LogP contribution in [0, 0.1) is 6.92 Å². The molecule has 26 heavy (non-hydrogen) atoms. The number of hydrogen-bond donors (Lipinski definition) is 2. The number of hydrazone groups is 1. The molecule has 0 radical (unpaired) electrons. The van der Waals surface area contributed by atoms with E-state index in [1.165, 1.54) is 6.21 Å². The van der Waals surface area contributed by atoms with Crippen LogP contribution in [0.15, 0.2) is 47.6 Å². The molecule has 0 saturated heterocycles. The summed E-state index contributed by atoms with van der Waals surface area (Å²) in [6.45, 7) is 5.18. The number of nitrogens with two attached hydrogens (primary N) is 1. The van der Waals surface area contributed by atoms with E-state index in [-0.39, 0.29) is 0 Å². The van der Waals surface area contributed by atoms with Gasteiger partial charge in [-0.2, -0.15) is 5.10 Å². The van der Waals surface area contributed by atoms with Gasteiger partial charge in [0.05, 0.1) is 12.8 Å². The number of aryl methyl sites for hydroxylation is 1. The lowest BCUT2D eigenvalue weighted by molar-refractivity contribution is 0.207. The lowest BCUT2D eigenvalue weighted by Gasteiger charge is -2.13. The summed E-state index contributed by atoms with van der Waals surface area (Å²) in [6, 6.07) is 12.5. The van der Waals surface area contributed by atoms with Crippen molar-refractivity contribution in [2.24, 2.45) is 10.8 Å². The average molecular weight is 357 g/mol. The van der Waals surface area contributed by atoms with Gasteiger partial charge in [-0.05, 0) is 49.2 Å². The fourth-order valence-electron chi connectivity index (χ4n) is 2.18. The van der Waals surface area contributed by atoms with Gasteiger partial charge in [-0.15, -0.1) is 0 Å². The third-order valence-electron chi connectivity index (χ3n) is 3.35. The predicted octanol–water partition coefficient (Wildman–Crippen LogP) is 2.85. The van der Waals surface area contributed by atoms with Gasteiger partial charge >= 0.3 is 6.03 Å². The second-order valence-electron chi connectivity index (χ2n) is 5.34. The largest absolute Gasteiger partial charge is 0.490 e. The average Bonchev–Trinajstić information content (AvgIpc) is 2.61. The van der Waals surface area contributed by atoms with Crippen molar-refractivity contribution >= 4 is 12.2 Å². The zero-order valence-electron chi connectivity index (χ0n) is 14.9. The zero-order valence-corrected chi connectivity index (χ0v) is 14.9. The minimum Gasteiger partial charge on any atom is -0.490 e. The van der Waals surface area contributed by atoms with Gasteiger partial charge in [-0.25, -0.2) is 10.2 Å². The van der Waals surface area contributed by atoms with E-state index < -0.39 is 6.03 Å². The Balaban J connectivity index is 1.94. The van der Waals surface area contributed by atoms with Crippen LogP contribution in [0.1, 0.15) is 18.1 Å². The van der Waals surface area contributed by atoms with Gasteiger partial charge in [0.2, 0.25) is 0 Å². The van der Waals surface area contributed by atoms with Crippen LogP contribution in [0.2, 0.25) is 0 Å². The summed E-state index contributed by atoms with van der Waals surface area (Å²) in [4.78, 5) is 10.6. The number of nitrogens with one attached hydrogen (secondary N) is 1. The Morgan fingerprint density at radius 1 is 1.08 bits per heavy atom. The van der Waals surface area contributed by atoms with E-state index >= 15 is 0 Å². The first-order valence-corrected chi connectivity index (χ1v) is 8.26. The number of hydrogen-bond acceptors (Lipinski definition) is 5. The Morgan fingerprint density at radius 3 is 2.50 bits per heavy atom. The molecule has 0 atom stereocenters. The molecular formula is C19H23N3O4. The van der Waals surface area contributed by atoms with E-state index in [9.17, 15) is 4.79 Å². The Hall–Kier alpha value is -3.22. The second-order valence-corrected chi connectivity index (χ2v) is 5.34. The Kier molecular flexibility index (Phi) is 7.30. The Bertz CT molecular complexity index is 762. The topological polar surface area (TPSA) is 95.2 Å². The number of benzene rings is 2. The molecule has 0 aliphatic heterocycles. The molecule has 0 aromatic heterocycles. The molecule has 0 spiro atoms. The fraction of sp³-hybridized carbons (Fsp3) is 0.263. The fourth-order valence-corrected chi connectivity index (χ4v) is 2.18. The van der Waals surface area contributed by atoms with Crippen molar-refractivity contribution in [2.75, 3.05) is 19.8 Å². The maximum absolute atomic E-state index is 10.6. The SMILES string of the molecule is CCOc1cc(/C=N/NC(N)=O)ccc1OCCOc1ccccc1C. The second kappa shape index (κ2) is 9.93. The third kappa shape index (κ3) is 6.01. The number of carbonyl (C=O) groups excluding carboxylic acids is 1. The first kappa shape index (κ1) is 19.1. The van der Waals surface area contributed by atoms with Crippen LogP contribution in [0.5, 0.6) is 17.2 Å². The quantitative estimate of drug-likeness (QED) is 0.410. The summed E-state index contributed by atoms with van der Waals surface area (Å²) in [5, 5.41) is 3.72. The molecule has 0 saturated carbocycles. The highest BCUT2D eigenvalue weighted by Gasteiger charge is 2.06. The van der Waals surface area contributed by atoms with Crippen molar-refractivity contribution in [1.82, 2.24) is 5.43 Å². The van der Waals surface area contributed by atoms with Gasteiger partial charge in [0.25, 0.3) is 0 Å². The van der Waals surface area contributed by atoms with Gasteiger partial charge in [-0.3, -0.25) is 0 Å². The Labute approximate surface area is 152 Å². The maximum atomic E-state index is 10.6. The van der Waals surface area contributed by atoms with Gasteiger partial charge < -0.3 is 19.9 Å². The number of ether oxygens (including phenoxy) is 3. The molecule has 2 rings (SSSR count). The smallest absolute Gasteiger partial charge is 0.332 e. The lowest BCUT2D eigenvalue weighted by atomic mass is 10.2. The molecule has 0 unspecified atom stereocenters. The van der Waals surface area contributed by atoms with E-state index in [1.54, 1.807) is 18.2 Å². The monoisotopic (exact) mass is 357 g/mol. The van der Waals surface area contributed by atoms with Gasteiger partial charge in [-0.1, -0.05) is 18.2 Å². The number of rotatable bonds is 9. The van der Waals surface area contributed by atoms with E-state index in [2.05, 4.69) is 10.5 Å². The van der Waals surface area contributed by atoms with Crippen LogP contribution in [-0.4, -0.2) is 32.1 Å². The number of amides is 2. The number of urea groups is 1. The van der Waals surface area contributed by atoms with E-state index in [0.717, 1.165) is 16.9 Å². The van der Waals surface area contributed by atoms with Crippen molar-refractivity contribution in [3.63, 3.8) is 0 Å². The third-order valence-corrected chi connectivity index (χ3v) is 3.35. The van der Waals surface area contributed by atoms with Crippen LogP contribution in [0.3, 0.4) is 0 Å². The summed E-state index contributed by atoms with van der Waals surface area (Å²) in [5.74, 6) is 2.04. The highest BCUT2D eigenvalue weighted by molar-refractivity contribution is 5.82. The maximum Gasteiger partial charge on any atom is 0.332 e. The molecule has 0 heterocycles. The minimum absolute atomic E-state index is 0.380. The molecule has 0 bridgehead atoms. The summed E-state index contributed by atoms with van der Waals surface area (Å²) in [7, 11) is 0. The van der Waals surface area contributed by atoms with Crippen molar-refractivity contribution in [1.29, 1.82) is 0 Å². The first-order valence-electron chi connectivity index (χ1n) is 8.26. The molecular weight excluding hydrogens is 334 g/mol. The Morgan fingerprint density at radius 2 is 1.81 bits per heavy atom. The zero-order chi connectivity index (χ0) is 18.8. The van der Waals surface area contributed by atoms with Crippen molar-refractivity contribution in [2.45, 2.75) is 13.8 Å². The first-order chi connectivity index (χ1) is 12.6. The lowest BCUT2D eigenvalue weighted by Crippen LogP contribution is -2.24. The number of para-hydroxylation sites is 1. The molecule has 7 heteroatoms. The van der Waals surface area contributed by atoms with Crippen LogP contribution in [0.4, 0.5) is 4.79 Å². The summed E-state index contributed by atoms with van der Waals surface area (Å²) < 4.78 is 17.1. The van der Waals surface area contributed by atoms with Crippen molar-refractivity contribution < 1.29 is 19.0 Å². The number of carbonyl (C=O) groups is 1. The summed E-state index contributed by atoms with van der Waals surface area (Å²) in [6.07, 6.45) is 1.47. The molecule has 2 amide bonds. The molecule has 0 fully saturated rings. The molecule has 3 N–H and O–H groups in total. The molecule has 2 aromatic rings. The van der Waals surface area contributed by atoms with E-state index in [0.29, 0.717) is 31.3 Å². The van der Waals surface area contributed by atoms with Crippen LogP contribution < -0.4 is 25.4 Å².